The summed E-state index contributed by atoms with van der Waals surface area (Å²) >= 11 is 0. The Bertz CT molecular complexity index is 892. The first-order chi connectivity index (χ1) is 12.7. The zero-order chi connectivity index (χ0) is 18.4. The molecule has 0 radical (unpaired) electrons. The van der Waals surface area contributed by atoms with Gasteiger partial charge in [0.1, 0.15) is 18.2 Å². The Labute approximate surface area is 173 Å². The van der Waals surface area contributed by atoms with Crippen molar-refractivity contribution in [1.29, 1.82) is 0 Å². The van der Waals surface area contributed by atoms with Gasteiger partial charge in [0, 0.05) is 25.4 Å². The van der Waals surface area contributed by atoms with Crippen molar-refractivity contribution in [3.63, 3.8) is 0 Å². The molecule has 0 bridgehead atoms. The van der Waals surface area contributed by atoms with E-state index in [2.05, 4.69) is 25.8 Å². The zero-order valence-electron chi connectivity index (χ0n) is 14.8. The van der Waals surface area contributed by atoms with Crippen LogP contribution < -0.4 is 10.6 Å². The molecule has 6 nitrogen and oxygen atoms in total. The van der Waals surface area contributed by atoms with Gasteiger partial charge in [-0.05, 0) is 43.2 Å². The van der Waals surface area contributed by atoms with Crippen LogP contribution in [0.5, 0.6) is 0 Å². The third-order valence-corrected chi connectivity index (χ3v) is 3.74. The molecule has 3 rings (SSSR count). The summed E-state index contributed by atoms with van der Waals surface area (Å²) in [6.07, 6.45) is 2.37. The van der Waals surface area contributed by atoms with Gasteiger partial charge in [0.25, 0.3) is 0 Å². The van der Waals surface area contributed by atoms with Gasteiger partial charge in [-0.15, -0.1) is 34.2 Å². The molecular weight excluding hydrogens is 465 g/mol. The molecule has 0 amide bonds. The number of fused-ring (bicyclic) bond motifs is 1. The molecule has 0 saturated heterocycles. The fourth-order valence-corrected chi connectivity index (χ4v) is 2.57. The predicted molar refractivity (Wildman–Crippen MR) is 111 cm³/mol. The molecule has 2 aromatic heterocycles. The number of nitrogens with one attached hydrogen (secondary N) is 2. The number of aromatic nitrogens is 3. The van der Waals surface area contributed by atoms with E-state index in [1.165, 1.54) is 12.1 Å². The van der Waals surface area contributed by atoms with E-state index in [0.29, 0.717) is 37.6 Å². The van der Waals surface area contributed by atoms with Crippen molar-refractivity contribution in [2.45, 2.75) is 19.9 Å². The maximum absolute atomic E-state index is 13.2. The number of halogens is 3. The lowest BCUT2D eigenvalue weighted by atomic mass is 10.1. The van der Waals surface area contributed by atoms with E-state index >= 15 is 0 Å². The first-order valence-electron chi connectivity index (χ1n) is 8.41. The van der Waals surface area contributed by atoms with Crippen molar-refractivity contribution in [2.75, 3.05) is 13.1 Å². The number of hydrogen-bond acceptors (Lipinski definition) is 3. The van der Waals surface area contributed by atoms with E-state index in [1.807, 2.05) is 35.7 Å². The van der Waals surface area contributed by atoms with Crippen molar-refractivity contribution in [3.05, 3.63) is 65.6 Å². The van der Waals surface area contributed by atoms with Crippen molar-refractivity contribution in [1.82, 2.24) is 25.2 Å². The maximum Gasteiger partial charge on any atom is 0.191 e. The molecule has 0 saturated carbocycles. The summed E-state index contributed by atoms with van der Waals surface area (Å²) in [5.41, 5.74) is 1.36. The number of aliphatic imine (C=N–C) groups is 1. The number of benzene rings is 1. The van der Waals surface area contributed by atoms with E-state index < -0.39 is 11.6 Å². The standard InChI is InChI=1S/C18H20F2N6.HI/c1-2-21-18(22-7-6-13-9-14(19)11-15(20)10-13)23-12-17-25-24-16-5-3-4-8-26(16)17;/h3-5,8-11H,2,6-7,12H2,1H3,(H2,21,22,23);1H. The minimum absolute atomic E-state index is 0. The van der Waals surface area contributed by atoms with E-state index in [4.69, 9.17) is 0 Å². The summed E-state index contributed by atoms with van der Waals surface area (Å²) in [5.74, 6) is 0.195. The Balaban J connectivity index is 0.00000261. The summed E-state index contributed by atoms with van der Waals surface area (Å²) in [4.78, 5) is 4.50. The van der Waals surface area contributed by atoms with Crippen molar-refractivity contribution >= 4 is 35.6 Å². The zero-order valence-corrected chi connectivity index (χ0v) is 17.2. The summed E-state index contributed by atoms with van der Waals surface area (Å²) < 4.78 is 28.3. The minimum atomic E-state index is -0.570. The van der Waals surface area contributed by atoms with Gasteiger partial charge in [0.05, 0.1) is 0 Å². The molecule has 0 unspecified atom stereocenters. The van der Waals surface area contributed by atoms with Crippen LogP contribution in [0.25, 0.3) is 5.65 Å². The van der Waals surface area contributed by atoms with Gasteiger partial charge in [0.15, 0.2) is 17.4 Å². The molecule has 2 N–H and O–H groups in total. The Kier molecular flexibility index (Phi) is 7.89. The lowest BCUT2D eigenvalue weighted by Crippen LogP contribution is -2.38. The first kappa shape index (κ1) is 21.0. The predicted octanol–water partition coefficient (Wildman–Crippen LogP) is 2.92. The highest BCUT2D eigenvalue weighted by Gasteiger charge is 2.05. The van der Waals surface area contributed by atoms with Crippen LogP contribution in [-0.2, 0) is 13.0 Å². The maximum atomic E-state index is 13.2. The highest BCUT2D eigenvalue weighted by Crippen LogP contribution is 2.08. The summed E-state index contributed by atoms with van der Waals surface area (Å²) in [5, 5.41) is 14.5. The number of pyridine rings is 1. The fraction of sp³-hybridized carbons (Fsp3) is 0.278. The van der Waals surface area contributed by atoms with Gasteiger partial charge < -0.3 is 10.6 Å². The minimum Gasteiger partial charge on any atom is -0.357 e. The molecule has 2 heterocycles. The Hall–Kier alpha value is -2.30. The molecule has 0 fully saturated rings. The van der Waals surface area contributed by atoms with Gasteiger partial charge in [0.2, 0.25) is 0 Å². The van der Waals surface area contributed by atoms with Crippen LogP contribution in [0.1, 0.15) is 18.3 Å². The molecule has 0 aliphatic rings. The van der Waals surface area contributed by atoms with Crippen LogP contribution in [0, 0.1) is 11.6 Å². The number of guanidine groups is 1. The molecule has 0 aliphatic heterocycles. The van der Waals surface area contributed by atoms with Crippen molar-refractivity contribution < 1.29 is 8.78 Å². The topological polar surface area (TPSA) is 66.6 Å². The summed E-state index contributed by atoms with van der Waals surface area (Å²) in [6, 6.07) is 9.21. The Morgan fingerprint density at radius 2 is 1.89 bits per heavy atom. The molecule has 0 aliphatic carbocycles. The van der Waals surface area contributed by atoms with Gasteiger partial charge in [-0.2, -0.15) is 0 Å². The van der Waals surface area contributed by atoms with E-state index in [9.17, 15) is 8.78 Å². The van der Waals surface area contributed by atoms with Crippen LogP contribution >= 0.6 is 24.0 Å². The smallest absolute Gasteiger partial charge is 0.191 e. The lowest BCUT2D eigenvalue weighted by molar-refractivity contribution is 0.579. The number of rotatable bonds is 6. The second kappa shape index (κ2) is 10.1. The summed E-state index contributed by atoms with van der Waals surface area (Å²) in [6.45, 7) is 3.51. The molecule has 1 aromatic carbocycles. The third-order valence-electron chi connectivity index (χ3n) is 3.74. The highest BCUT2D eigenvalue weighted by atomic mass is 127. The second-order valence-corrected chi connectivity index (χ2v) is 5.69. The molecule has 144 valence electrons. The average molecular weight is 486 g/mol. The quantitative estimate of drug-likeness (QED) is 0.320. The SMILES string of the molecule is CCNC(=NCc1nnc2ccccn12)NCCc1cc(F)cc(F)c1.I. The molecule has 0 atom stereocenters. The van der Waals surface area contributed by atoms with Gasteiger partial charge in [-0.1, -0.05) is 6.07 Å². The molecular formula is C18H21F2IN6. The Morgan fingerprint density at radius 3 is 2.63 bits per heavy atom. The largest absolute Gasteiger partial charge is 0.357 e. The average Bonchev–Trinajstić information content (AvgIpc) is 3.02. The second-order valence-electron chi connectivity index (χ2n) is 5.69. The van der Waals surface area contributed by atoms with Gasteiger partial charge >= 0.3 is 0 Å². The molecule has 9 heteroatoms. The van der Waals surface area contributed by atoms with E-state index in [0.717, 1.165) is 17.5 Å². The molecule has 0 spiro atoms. The summed E-state index contributed by atoms with van der Waals surface area (Å²) in [7, 11) is 0. The van der Waals surface area contributed by atoms with Crippen LogP contribution in [0.15, 0.2) is 47.6 Å². The lowest BCUT2D eigenvalue weighted by Gasteiger charge is -2.11. The van der Waals surface area contributed by atoms with Crippen LogP contribution in [0.3, 0.4) is 0 Å². The number of nitrogens with zero attached hydrogens (tertiary/aromatic N) is 4. The van der Waals surface area contributed by atoms with Crippen LogP contribution in [0.2, 0.25) is 0 Å². The van der Waals surface area contributed by atoms with Crippen LogP contribution in [0.4, 0.5) is 8.78 Å². The monoisotopic (exact) mass is 486 g/mol. The first-order valence-corrected chi connectivity index (χ1v) is 8.41. The number of hydrogen-bond donors (Lipinski definition) is 2. The van der Waals surface area contributed by atoms with Crippen LogP contribution in [-0.4, -0.2) is 33.6 Å². The Morgan fingerprint density at radius 1 is 1.11 bits per heavy atom. The molecule has 3 aromatic rings. The normalized spacial score (nSPS) is 11.3. The van der Waals surface area contributed by atoms with Gasteiger partial charge in [-0.25, -0.2) is 13.8 Å². The van der Waals surface area contributed by atoms with Gasteiger partial charge in [-0.3, -0.25) is 4.40 Å². The van der Waals surface area contributed by atoms with E-state index in [-0.39, 0.29) is 24.0 Å². The fourth-order valence-electron chi connectivity index (χ4n) is 2.57. The third kappa shape index (κ3) is 5.84. The molecule has 27 heavy (non-hydrogen) atoms. The van der Waals surface area contributed by atoms with Crippen molar-refractivity contribution in [3.8, 4) is 0 Å². The van der Waals surface area contributed by atoms with E-state index in [1.54, 1.807) is 0 Å². The highest BCUT2D eigenvalue weighted by molar-refractivity contribution is 14.0. The van der Waals surface area contributed by atoms with Crippen molar-refractivity contribution in [2.24, 2.45) is 4.99 Å².